The zero-order valence-electron chi connectivity index (χ0n) is 12.4. The van der Waals surface area contributed by atoms with Gasteiger partial charge in [0, 0.05) is 11.3 Å². The van der Waals surface area contributed by atoms with E-state index < -0.39 is 17.8 Å². The number of halogens is 1. The number of para-hydroxylation sites is 1. The Balaban J connectivity index is 1.99. The summed E-state index contributed by atoms with van der Waals surface area (Å²) < 4.78 is 13.1. The van der Waals surface area contributed by atoms with E-state index in [0.717, 1.165) is 11.6 Å². The third kappa shape index (κ3) is 3.91. The molecule has 0 heterocycles. The van der Waals surface area contributed by atoms with E-state index in [1.54, 1.807) is 13.0 Å². The standard InChI is InChI=1S/C17H17FN2O2/c1-11-6-3-4-9-15(11)20-16(21)12(2)19-17(22)13-7-5-8-14(18)10-13/h3-10,12H,1-2H3,(H,19,22)(H,20,21)/t12-/m0/s1. The number of carbonyl (C=O) groups excluding carboxylic acids is 2. The van der Waals surface area contributed by atoms with E-state index in [1.807, 2.05) is 25.1 Å². The van der Waals surface area contributed by atoms with Gasteiger partial charge in [-0.2, -0.15) is 0 Å². The van der Waals surface area contributed by atoms with E-state index in [9.17, 15) is 14.0 Å². The molecular weight excluding hydrogens is 283 g/mol. The number of amides is 2. The van der Waals surface area contributed by atoms with Crippen LogP contribution in [-0.4, -0.2) is 17.9 Å². The van der Waals surface area contributed by atoms with Crippen LogP contribution in [-0.2, 0) is 4.79 Å². The lowest BCUT2D eigenvalue weighted by Gasteiger charge is -2.15. The summed E-state index contributed by atoms with van der Waals surface area (Å²) >= 11 is 0. The van der Waals surface area contributed by atoms with Crippen molar-refractivity contribution in [2.45, 2.75) is 19.9 Å². The molecular formula is C17H17FN2O2. The summed E-state index contributed by atoms with van der Waals surface area (Å²) in [5, 5.41) is 5.30. The maximum atomic E-state index is 13.1. The number of rotatable bonds is 4. The monoisotopic (exact) mass is 300 g/mol. The van der Waals surface area contributed by atoms with Gasteiger partial charge in [-0.3, -0.25) is 9.59 Å². The second-order valence-electron chi connectivity index (χ2n) is 5.01. The predicted octanol–water partition coefficient (Wildman–Crippen LogP) is 2.89. The van der Waals surface area contributed by atoms with Gasteiger partial charge in [0.2, 0.25) is 5.91 Å². The van der Waals surface area contributed by atoms with Crippen molar-refractivity contribution in [2.75, 3.05) is 5.32 Å². The van der Waals surface area contributed by atoms with Crippen molar-refractivity contribution in [3.8, 4) is 0 Å². The zero-order valence-corrected chi connectivity index (χ0v) is 12.4. The molecule has 4 nitrogen and oxygen atoms in total. The SMILES string of the molecule is Cc1ccccc1NC(=O)[C@H](C)NC(=O)c1cccc(F)c1. The van der Waals surface area contributed by atoms with E-state index in [4.69, 9.17) is 0 Å². The topological polar surface area (TPSA) is 58.2 Å². The molecule has 0 aliphatic heterocycles. The van der Waals surface area contributed by atoms with Crippen molar-refractivity contribution in [1.82, 2.24) is 5.32 Å². The highest BCUT2D eigenvalue weighted by molar-refractivity contribution is 6.01. The number of nitrogens with one attached hydrogen (secondary N) is 2. The molecule has 2 N–H and O–H groups in total. The molecule has 0 aliphatic carbocycles. The molecule has 2 amide bonds. The van der Waals surface area contributed by atoms with Crippen LogP contribution in [0.4, 0.5) is 10.1 Å². The smallest absolute Gasteiger partial charge is 0.252 e. The van der Waals surface area contributed by atoms with Crippen molar-refractivity contribution in [1.29, 1.82) is 0 Å². The average molecular weight is 300 g/mol. The maximum absolute atomic E-state index is 13.1. The molecule has 2 aromatic carbocycles. The van der Waals surface area contributed by atoms with Gasteiger partial charge in [0.05, 0.1) is 0 Å². The van der Waals surface area contributed by atoms with Crippen molar-refractivity contribution in [2.24, 2.45) is 0 Å². The molecule has 0 bridgehead atoms. The van der Waals surface area contributed by atoms with Gasteiger partial charge in [-0.15, -0.1) is 0 Å². The molecule has 2 aromatic rings. The Kier molecular flexibility index (Phi) is 4.88. The average Bonchev–Trinajstić information content (AvgIpc) is 2.49. The maximum Gasteiger partial charge on any atom is 0.252 e. The quantitative estimate of drug-likeness (QED) is 0.912. The summed E-state index contributed by atoms with van der Waals surface area (Å²) in [5.74, 6) is -1.32. The molecule has 114 valence electrons. The number of carbonyl (C=O) groups is 2. The second kappa shape index (κ2) is 6.85. The summed E-state index contributed by atoms with van der Waals surface area (Å²) in [6.07, 6.45) is 0. The number of aryl methyl sites for hydroxylation is 1. The number of anilines is 1. The predicted molar refractivity (Wildman–Crippen MR) is 83.1 cm³/mol. The molecule has 5 heteroatoms. The first kappa shape index (κ1) is 15.7. The Hall–Kier alpha value is -2.69. The van der Waals surface area contributed by atoms with Gasteiger partial charge in [-0.1, -0.05) is 24.3 Å². The van der Waals surface area contributed by atoms with Gasteiger partial charge in [-0.25, -0.2) is 4.39 Å². The molecule has 0 saturated carbocycles. The van der Waals surface area contributed by atoms with E-state index in [1.165, 1.54) is 18.2 Å². The summed E-state index contributed by atoms with van der Waals surface area (Å²) in [4.78, 5) is 24.1. The van der Waals surface area contributed by atoms with Crippen molar-refractivity contribution in [3.05, 3.63) is 65.5 Å². The van der Waals surface area contributed by atoms with E-state index in [0.29, 0.717) is 5.69 Å². The van der Waals surface area contributed by atoms with Crippen LogP contribution in [0.25, 0.3) is 0 Å². The zero-order chi connectivity index (χ0) is 16.1. The molecule has 0 aromatic heterocycles. The van der Waals surface area contributed by atoms with Gasteiger partial charge >= 0.3 is 0 Å². The fourth-order valence-corrected chi connectivity index (χ4v) is 1.93. The van der Waals surface area contributed by atoms with Crippen LogP contribution in [0.1, 0.15) is 22.8 Å². The Morgan fingerprint density at radius 2 is 1.82 bits per heavy atom. The second-order valence-corrected chi connectivity index (χ2v) is 5.01. The van der Waals surface area contributed by atoms with Gasteiger partial charge in [-0.05, 0) is 43.7 Å². The minimum absolute atomic E-state index is 0.176. The van der Waals surface area contributed by atoms with Crippen molar-refractivity contribution >= 4 is 17.5 Å². The molecule has 22 heavy (non-hydrogen) atoms. The van der Waals surface area contributed by atoms with Crippen LogP contribution in [0.5, 0.6) is 0 Å². The van der Waals surface area contributed by atoms with Gasteiger partial charge in [0.15, 0.2) is 0 Å². The first-order valence-corrected chi connectivity index (χ1v) is 6.90. The number of benzene rings is 2. The number of hydrogen-bond donors (Lipinski definition) is 2. The van der Waals surface area contributed by atoms with E-state index in [2.05, 4.69) is 10.6 Å². The number of hydrogen-bond acceptors (Lipinski definition) is 2. The third-order valence-electron chi connectivity index (χ3n) is 3.23. The molecule has 0 saturated heterocycles. The van der Waals surface area contributed by atoms with Crippen LogP contribution < -0.4 is 10.6 Å². The highest BCUT2D eigenvalue weighted by Crippen LogP contribution is 2.13. The van der Waals surface area contributed by atoms with Crippen LogP contribution in [0.15, 0.2) is 48.5 Å². The fraction of sp³-hybridized carbons (Fsp3) is 0.176. The summed E-state index contributed by atoms with van der Waals surface area (Å²) in [5.41, 5.74) is 1.80. The van der Waals surface area contributed by atoms with Crippen LogP contribution in [0.2, 0.25) is 0 Å². The van der Waals surface area contributed by atoms with Crippen LogP contribution in [0.3, 0.4) is 0 Å². The highest BCUT2D eigenvalue weighted by atomic mass is 19.1. The van der Waals surface area contributed by atoms with Gasteiger partial charge in [0.25, 0.3) is 5.91 Å². The Bertz CT molecular complexity index is 701. The lowest BCUT2D eigenvalue weighted by atomic mass is 10.1. The molecule has 0 aliphatic rings. The molecule has 1 atom stereocenters. The summed E-state index contributed by atoms with van der Waals surface area (Å²) in [6, 6.07) is 11.9. The lowest BCUT2D eigenvalue weighted by molar-refractivity contribution is -0.117. The fourth-order valence-electron chi connectivity index (χ4n) is 1.93. The van der Waals surface area contributed by atoms with Crippen LogP contribution in [0, 0.1) is 12.7 Å². The lowest BCUT2D eigenvalue weighted by Crippen LogP contribution is -2.41. The minimum Gasteiger partial charge on any atom is -0.341 e. The molecule has 0 radical (unpaired) electrons. The van der Waals surface area contributed by atoms with Crippen molar-refractivity contribution in [3.63, 3.8) is 0 Å². The molecule has 0 spiro atoms. The van der Waals surface area contributed by atoms with Crippen molar-refractivity contribution < 1.29 is 14.0 Å². The third-order valence-corrected chi connectivity index (χ3v) is 3.23. The summed E-state index contributed by atoms with van der Waals surface area (Å²) in [6.45, 7) is 3.45. The van der Waals surface area contributed by atoms with E-state index in [-0.39, 0.29) is 11.5 Å². The van der Waals surface area contributed by atoms with Crippen LogP contribution >= 0.6 is 0 Å². The van der Waals surface area contributed by atoms with E-state index >= 15 is 0 Å². The normalized spacial score (nSPS) is 11.6. The Morgan fingerprint density at radius 3 is 2.50 bits per heavy atom. The Labute approximate surface area is 128 Å². The highest BCUT2D eigenvalue weighted by Gasteiger charge is 2.17. The van der Waals surface area contributed by atoms with Gasteiger partial charge in [0.1, 0.15) is 11.9 Å². The molecule has 0 unspecified atom stereocenters. The molecule has 0 fully saturated rings. The minimum atomic E-state index is -0.740. The largest absolute Gasteiger partial charge is 0.341 e. The Morgan fingerprint density at radius 1 is 1.09 bits per heavy atom. The first-order chi connectivity index (χ1) is 10.5. The van der Waals surface area contributed by atoms with Gasteiger partial charge < -0.3 is 10.6 Å². The summed E-state index contributed by atoms with van der Waals surface area (Å²) in [7, 11) is 0. The molecule has 2 rings (SSSR count). The first-order valence-electron chi connectivity index (χ1n) is 6.90.